The number of carbonyl (C=O) groups excluding carboxylic acids is 2. The van der Waals surface area contributed by atoms with Crippen molar-refractivity contribution in [3.05, 3.63) is 70.8 Å². The SMILES string of the molecule is CCCCC[C@H](CN(O)C=O)C(=O)NNc1ccn(Cc2cccc3cccnc23)c(=O)c1. The van der Waals surface area contributed by atoms with Gasteiger partial charge in [-0.1, -0.05) is 50.5 Å². The molecule has 3 aromatic rings. The van der Waals surface area contributed by atoms with Crippen molar-refractivity contribution in [2.75, 3.05) is 12.0 Å². The van der Waals surface area contributed by atoms with Gasteiger partial charge in [0, 0.05) is 23.8 Å². The highest BCUT2D eigenvalue weighted by molar-refractivity contribution is 5.81. The molecule has 9 heteroatoms. The molecule has 0 saturated heterocycles. The summed E-state index contributed by atoms with van der Waals surface area (Å²) in [5.74, 6) is -0.934. The van der Waals surface area contributed by atoms with E-state index in [0.717, 1.165) is 35.7 Å². The van der Waals surface area contributed by atoms with Crippen LogP contribution in [0.4, 0.5) is 5.69 Å². The van der Waals surface area contributed by atoms with Crippen molar-refractivity contribution < 1.29 is 14.8 Å². The van der Waals surface area contributed by atoms with Crippen molar-refractivity contribution in [1.29, 1.82) is 0 Å². The van der Waals surface area contributed by atoms with Crippen LogP contribution in [0.2, 0.25) is 0 Å². The number of pyridine rings is 2. The van der Waals surface area contributed by atoms with E-state index in [4.69, 9.17) is 0 Å². The first-order valence-electron chi connectivity index (χ1n) is 11.0. The van der Waals surface area contributed by atoms with Crippen LogP contribution in [-0.2, 0) is 16.1 Å². The summed E-state index contributed by atoms with van der Waals surface area (Å²) in [6, 6.07) is 12.8. The molecule has 0 fully saturated rings. The number of rotatable bonds is 12. The third-order valence-corrected chi connectivity index (χ3v) is 5.44. The Morgan fingerprint density at radius 3 is 2.82 bits per heavy atom. The Balaban J connectivity index is 1.65. The number of hydrogen-bond donors (Lipinski definition) is 3. The van der Waals surface area contributed by atoms with E-state index in [9.17, 15) is 19.6 Å². The minimum atomic E-state index is -0.571. The fourth-order valence-electron chi connectivity index (χ4n) is 3.65. The van der Waals surface area contributed by atoms with Crippen molar-refractivity contribution in [3.63, 3.8) is 0 Å². The van der Waals surface area contributed by atoms with Crippen LogP contribution in [0, 0.1) is 5.92 Å². The van der Waals surface area contributed by atoms with Gasteiger partial charge < -0.3 is 4.57 Å². The average molecular weight is 452 g/mol. The monoisotopic (exact) mass is 451 g/mol. The highest BCUT2D eigenvalue weighted by Crippen LogP contribution is 2.17. The maximum absolute atomic E-state index is 12.6. The second kappa shape index (κ2) is 11.8. The summed E-state index contributed by atoms with van der Waals surface area (Å²) < 4.78 is 1.57. The van der Waals surface area contributed by atoms with Crippen LogP contribution in [0.15, 0.2) is 59.7 Å². The highest BCUT2D eigenvalue weighted by atomic mass is 16.5. The van der Waals surface area contributed by atoms with Crippen LogP contribution in [-0.4, -0.2) is 38.7 Å². The first kappa shape index (κ1) is 23.9. The van der Waals surface area contributed by atoms with E-state index < -0.39 is 5.92 Å². The summed E-state index contributed by atoms with van der Waals surface area (Å²) in [6.45, 7) is 2.33. The zero-order valence-corrected chi connectivity index (χ0v) is 18.6. The Morgan fingerprint density at radius 1 is 1.24 bits per heavy atom. The van der Waals surface area contributed by atoms with Gasteiger partial charge >= 0.3 is 0 Å². The van der Waals surface area contributed by atoms with Crippen LogP contribution < -0.4 is 16.4 Å². The number of hydrazine groups is 1. The van der Waals surface area contributed by atoms with Crippen LogP contribution in [0.1, 0.15) is 38.2 Å². The number of anilines is 1. The topological polar surface area (TPSA) is 117 Å². The molecule has 3 N–H and O–H groups in total. The minimum Gasteiger partial charge on any atom is -0.311 e. The lowest BCUT2D eigenvalue weighted by Gasteiger charge is -2.20. The van der Waals surface area contributed by atoms with Gasteiger partial charge in [0.1, 0.15) is 0 Å². The molecular formula is C24H29N5O4. The van der Waals surface area contributed by atoms with Crippen molar-refractivity contribution in [2.24, 2.45) is 5.92 Å². The number of aromatic nitrogens is 2. The molecule has 3 rings (SSSR count). The van der Waals surface area contributed by atoms with Gasteiger partial charge in [-0.3, -0.25) is 35.4 Å². The van der Waals surface area contributed by atoms with Gasteiger partial charge in [0.15, 0.2) is 0 Å². The molecular weight excluding hydrogens is 422 g/mol. The molecule has 1 atom stereocenters. The average Bonchev–Trinajstić information content (AvgIpc) is 2.83. The quantitative estimate of drug-likeness (QED) is 0.169. The highest BCUT2D eigenvalue weighted by Gasteiger charge is 2.20. The number of nitrogens with zero attached hydrogens (tertiary/aromatic N) is 3. The maximum Gasteiger partial charge on any atom is 0.252 e. The van der Waals surface area contributed by atoms with E-state index in [1.165, 1.54) is 6.07 Å². The largest absolute Gasteiger partial charge is 0.311 e. The van der Waals surface area contributed by atoms with E-state index in [2.05, 4.69) is 22.8 Å². The fourth-order valence-corrected chi connectivity index (χ4v) is 3.65. The second-order valence-electron chi connectivity index (χ2n) is 7.91. The fraction of sp³-hybridized carbons (Fsp3) is 0.333. The van der Waals surface area contributed by atoms with Gasteiger partial charge in [0.05, 0.1) is 30.2 Å². The number of amides is 2. The summed E-state index contributed by atoms with van der Waals surface area (Å²) in [5, 5.41) is 11.0. The third kappa shape index (κ3) is 6.63. The van der Waals surface area contributed by atoms with E-state index >= 15 is 0 Å². The van der Waals surface area contributed by atoms with Crippen molar-refractivity contribution >= 4 is 28.9 Å². The zero-order chi connectivity index (χ0) is 23.6. The number of fused-ring (bicyclic) bond motifs is 1. The first-order chi connectivity index (χ1) is 16.0. The predicted molar refractivity (Wildman–Crippen MR) is 126 cm³/mol. The molecule has 1 aromatic carbocycles. The first-order valence-corrected chi connectivity index (χ1v) is 11.0. The standard InChI is InChI=1S/C24H29N5O4/c1-2-3-4-7-20(16-29(33)17-30)24(32)27-26-21-11-13-28(22(31)14-21)15-19-9-5-8-18-10-6-12-25-23(18)19/h5-6,8-14,17,20,26,33H,2-4,7,15-16H2,1H3,(H,27,32)/t20-/m1/s1. The summed E-state index contributed by atoms with van der Waals surface area (Å²) in [4.78, 5) is 40.3. The molecule has 9 nitrogen and oxygen atoms in total. The molecule has 0 aliphatic carbocycles. The lowest BCUT2D eigenvalue weighted by Crippen LogP contribution is -2.40. The van der Waals surface area contributed by atoms with Crippen molar-refractivity contribution in [3.8, 4) is 0 Å². The van der Waals surface area contributed by atoms with Crippen LogP contribution in [0.5, 0.6) is 0 Å². The summed E-state index contributed by atoms with van der Waals surface area (Å²) in [6.07, 6.45) is 6.94. The Morgan fingerprint density at radius 2 is 2.06 bits per heavy atom. The Hall–Kier alpha value is -3.72. The van der Waals surface area contributed by atoms with Gasteiger partial charge in [-0.05, 0) is 24.1 Å². The summed E-state index contributed by atoms with van der Waals surface area (Å²) in [7, 11) is 0. The zero-order valence-electron chi connectivity index (χ0n) is 18.6. The predicted octanol–water partition coefficient (Wildman–Crippen LogP) is 2.93. The summed E-state index contributed by atoms with van der Waals surface area (Å²) in [5.41, 5.74) is 7.32. The molecule has 0 aliphatic heterocycles. The maximum atomic E-state index is 12.6. The Kier molecular flexibility index (Phi) is 8.54. The van der Waals surface area contributed by atoms with E-state index in [1.54, 1.807) is 23.0 Å². The molecule has 2 heterocycles. The van der Waals surface area contributed by atoms with Crippen LogP contribution >= 0.6 is 0 Å². The third-order valence-electron chi connectivity index (χ3n) is 5.44. The van der Waals surface area contributed by atoms with Gasteiger partial charge in [-0.15, -0.1) is 0 Å². The molecule has 2 amide bonds. The normalized spacial score (nSPS) is 11.7. The smallest absolute Gasteiger partial charge is 0.252 e. The number of hydrogen-bond acceptors (Lipinski definition) is 6. The molecule has 33 heavy (non-hydrogen) atoms. The minimum absolute atomic E-state index is 0.0958. The van der Waals surface area contributed by atoms with Crippen molar-refractivity contribution in [1.82, 2.24) is 20.0 Å². The molecule has 174 valence electrons. The number of carbonyl (C=O) groups is 2. The molecule has 0 saturated carbocycles. The van der Waals surface area contributed by atoms with Crippen molar-refractivity contribution in [2.45, 2.75) is 39.2 Å². The van der Waals surface area contributed by atoms with E-state index in [0.29, 0.717) is 23.7 Å². The van der Waals surface area contributed by atoms with Gasteiger partial charge in [0.25, 0.3) is 5.56 Å². The molecule has 0 radical (unpaired) electrons. The van der Waals surface area contributed by atoms with Crippen LogP contribution in [0.25, 0.3) is 10.9 Å². The number of para-hydroxylation sites is 1. The lowest BCUT2D eigenvalue weighted by atomic mass is 10.0. The van der Waals surface area contributed by atoms with E-state index in [-0.39, 0.29) is 24.4 Å². The number of benzene rings is 1. The Bertz CT molecular complexity index is 1140. The number of nitrogens with one attached hydrogen (secondary N) is 2. The second-order valence-corrected chi connectivity index (χ2v) is 7.91. The summed E-state index contributed by atoms with van der Waals surface area (Å²) >= 11 is 0. The van der Waals surface area contributed by atoms with Gasteiger partial charge in [-0.25, -0.2) is 5.06 Å². The Labute approximate surface area is 192 Å². The van der Waals surface area contributed by atoms with Crippen LogP contribution in [0.3, 0.4) is 0 Å². The molecule has 2 aromatic heterocycles. The molecule has 0 aliphatic rings. The number of hydroxylamine groups is 2. The van der Waals surface area contributed by atoms with Gasteiger partial charge in [-0.2, -0.15) is 0 Å². The lowest BCUT2D eigenvalue weighted by molar-refractivity contribution is -0.154. The molecule has 0 unspecified atom stereocenters. The van der Waals surface area contributed by atoms with Gasteiger partial charge in [0.2, 0.25) is 12.3 Å². The molecule has 0 bridgehead atoms. The van der Waals surface area contributed by atoms with E-state index in [1.807, 2.05) is 30.3 Å². The number of unbranched alkanes of at least 4 members (excludes halogenated alkanes) is 2. The molecule has 0 spiro atoms.